The summed E-state index contributed by atoms with van der Waals surface area (Å²) in [5, 5.41) is 35.5. The van der Waals surface area contributed by atoms with Gasteiger partial charge in [0.25, 0.3) is 5.91 Å². The van der Waals surface area contributed by atoms with Gasteiger partial charge in [0, 0.05) is 59.8 Å². The molecular weight excluding hydrogens is 1190 g/mol. The molecule has 500 valence electrons. The summed E-state index contributed by atoms with van der Waals surface area (Å²) >= 11 is 0. The molecule has 0 unspecified atom stereocenters. The molecule has 7 N–H and O–H groups in total. The molecule has 1 aromatic heterocycles. The molecule has 2 aromatic carbocycles. The number of likely N-dealkylation sites (tertiary alicyclic amines) is 1. The monoisotopic (exact) mass is 1290 g/mol. The quantitative estimate of drug-likeness (QED) is 0.0464. The molecule has 9 amide bonds. The molecule has 26 nitrogen and oxygen atoms in total. The Morgan fingerprint density at radius 2 is 1.42 bits per heavy atom. The molecule has 1 aliphatic heterocycles. The number of nitrogens with zero attached hydrogens (tertiary/aromatic N) is 5. The van der Waals surface area contributed by atoms with E-state index in [9.17, 15) is 61.9 Å². The third-order valence-electron chi connectivity index (χ3n) is 16.4. The van der Waals surface area contributed by atoms with E-state index in [1.807, 2.05) is 32.0 Å². The van der Waals surface area contributed by atoms with E-state index in [0.717, 1.165) is 12.3 Å². The van der Waals surface area contributed by atoms with Gasteiger partial charge in [-0.2, -0.15) is 5.26 Å². The van der Waals surface area contributed by atoms with E-state index in [2.05, 4.69) is 36.9 Å². The van der Waals surface area contributed by atoms with E-state index >= 15 is 0 Å². The standard InChI is InChI=1S/C64H93N11O15S/c1-16-38(6)54(49(88-13)33-51(77)75-32-20-23-48(75)56(89-14)39(7)57(79)68-40(8)55(78)44-21-18-17-19-22-44)73(11)63(84)52(36(2)3)72-61(83)53(37(4)5)74(12)64(85)90-35-43-24-27-46(28-25-43)70-59(81)42(10)69-58(80)41(9)67-50(76)30-31-66-60(82)47-29-26-45(34-65)62(71-47)91(15,86)87/h17-19,21-22,24-29,36-42,48-49,52-56,78H,16,20,23,30-33,35H2,1-15H3,(H,66,82)(H,67,76)(H,68,79)(H,69,80)(H,70,81)(H,72,83)/t38-,39+,40+,41-,42-,48-,49+,52-,53-,54-,55+,56+/m0/s1. The van der Waals surface area contributed by atoms with Crippen molar-refractivity contribution in [3.05, 3.63) is 89.1 Å². The number of benzene rings is 2. The van der Waals surface area contributed by atoms with Crippen molar-refractivity contribution in [2.75, 3.05) is 53.0 Å². The predicted octanol–water partition coefficient (Wildman–Crippen LogP) is 4.02. The zero-order chi connectivity index (χ0) is 68.2. The van der Waals surface area contributed by atoms with Gasteiger partial charge in [0.15, 0.2) is 14.9 Å². The first-order valence-corrected chi connectivity index (χ1v) is 32.4. The van der Waals surface area contributed by atoms with Crippen LogP contribution in [0.5, 0.6) is 0 Å². The van der Waals surface area contributed by atoms with Gasteiger partial charge in [0.05, 0.1) is 54.3 Å². The maximum Gasteiger partial charge on any atom is 0.410 e. The second kappa shape index (κ2) is 34.9. The van der Waals surface area contributed by atoms with E-state index in [1.165, 1.54) is 46.1 Å². The molecule has 12 atom stereocenters. The number of aliphatic hydroxyl groups excluding tert-OH is 1. The van der Waals surface area contributed by atoms with Crippen molar-refractivity contribution in [2.24, 2.45) is 23.7 Å². The van der Waals surface area contributed by atoms with Crippen LogP contribution >= 0.6 is 0 Å². The lowest BCUT2D eigenvalue weighted by Crippen LogP contribution is -2.60. The summed E-state index contributed by atoms with van der Waals surface area (Å²) in [6, 6.07) is 13.4. The number of hydrogen-bond donors (Lipinski definition) is 7. The van der Waals surface area contributed by atoms with Crippen LogP contribution in [-0.4, -0.2) is 189 Å². The van der Waals surface area contributed by atoms with E-state index in [4.69, 9.17) is 14.2 Å². The Bertz CT molecular complexity index is 3160. The summed E-state index contributed by atoms with van der Waals surface area (Å²) in [5.74, 6) is -5.98. The first-order chi connectivity index (χ1) is 42.8. The SMILES string of the molecule is CC[C@H](C)[C@@H]([C@@H](CC(=O)N1CCC[C@H]1[C@H](OC)[C@@H](C)C(=O)N[C@H](C)[C@@H](O)c1ccccc1)OC)N(C)C(=O)[C@@H](NC(=O)[C@H](C(C)C)N(C)C(=O)OCc1ccc(NC(=O)[C@H](C)NC(=O)[C@H](C)NC(=O)CCNC(=O)c2ccc(C#N)c(S(C)(=O)=O)n2)cc1)C(C)C. The Kier molecular flexibility index (Phi) is 29.0. The molecule has 4 rings (SSSR count). The Balaban J connectivity index is 1.31. The highest BCUT2D eigenvalue weighted by Gasteiger charge is 2.44. The second-order valence-corrected chi connectivity index (χ2v) is 25.9. The summed E-state index contributed by atoms with van der Waals surface area (Å²) in [6.45, 7) is 17.4. The van der Waals surface area contributed by atoms with Crippen molar-refractivity contribution in [1.29, 1.82) is 5.26 Å². The highest BCUT2D eigenvalue weighted by molar-refractivity contribution is 7.90. The Labute approximate surface area is 534 Å². The lowest BCUT2D eigenvalue weighted by Gasteiger charge is -2.41. The number of methoxy groups -OCH3 is 2. The largest absolute Gasteiger partial charge is 0.445 e. The van der Waals surface area contributed by atoms with Crippen molar-refractivity contribution >= 4 is 68.9 Å². The van der Waals surface area contributed by atoms with Crippen molar-refractivity contribution in [3.8, 4) is 6.07 Å². The zero-order valence-electron chi connectivity index (χ0n) is 54.9. The average Bonchev–Trinajstić information content (AvgIpc) is 1.83. The molecule has 91 heavy (non-hydrogen) atoms. The van der Waals surface area contributed by atoms with E-state index < -0.39 is 135 Å². The molecule has 0 spiro atoms. The summed E-state index contributed by atoms with van der Waals surface area (Å²) in [6.07, 6.45) is -0.826. The summed E-state index contributed by atoms with van der Waals surface area (Å²) in [5.41, 5.74) is 1.03. The van der Waals surface area contributed by atoms with Gasteiger partial charge in [-0.15, -0.1) is 0 Å². The molecular formula is C64H93N11O15S. The Morgan fingerprint density at radius 1 is 0.780 bits per heavy atom. The number of hydrogen-bond acceptors (Lipinski definition) is 17. The molecule has 1 fully saturated rings. The molecule has 1 aliphatic rings. The maximum absolute atomic E-state index is 14.7. The van der Waals surface area contributed by atoms with Crippen LogP contribution in [0, 0.1) is 35.0 Å². The number of nitrogens with one attached hydrogen (secondary N) is 6. The molecule has 2 heterocycles. The van der Waals surface area contributed by atoms with Gasteiger partial charge in [-0.05, 0) is 86.8 Å². The van der Waals surface area contributed by atoms with Crippen LogP contribution in [0.2, 0.25) is 0 Å². The van der Waals surface area contributed by atoms with Gasteiger partial charge in [0.2, 0.25) is 41.4 Å². The zero-order valence-corrected chi connectivity index (χ0v) is 55.7. The Hall–Kier alpha value is -8.06. The van der Waals surface area contributed by atoms with Crippen molar-refractivity contribution in [1.82, 2.24) is 46.3 Å². The van der Waals surface area contributed by atoms with Gasteiger partial charge in [-0.1, -0.05) is 97.4 Å². The number of rotatable bonds is 32. The van der Waals surface area contributed by atoms with Crippen molar-refractivity contribution < 1.29 is 70.9 Å². The number of pyridine rings is 1. The topological polar surface area (TPSA) is 354 Å². The second-order valence-electron chi connectivity index (χ2n) is 24.0. The van der Waals surface area contributed by atoms with Crippen LogP contribution in [0.15, 0.2) is 71.8 Å². The maximum atomic E-state index is 14.7. The van der Waals surface area contributed by atoms with Gasteiger partial charge in [0.1, 0.15) is 42.5 Å². The first kappa shape index (κ1) is 75.4. The number of nitriles is 1. The minimum atomic E-state index is -3.91. The number of ether oxygens (including phenoxy) is 3. The van der Waals surface area contributed by atoms with E-state index in [0.29, 0.717) is 42.6 Å². The number of anilines is 1. The van der Waals surface area contributed by atoms with Crippen LogP contribution in [-0.2, 0) is 64.2 Å². The van der Waals surface area contributed by atoms with Gasteiger partial charge < -0.3 is 61.0 Å². The fraction of sp³-hybridized carbons (Fsp3) is 0.578. The van der Waals surface area contributed by atoms with Crippen LogP contribution in [0.3, 0.4) is 0 Å². The molecule has 0 radical (unpaired) electrons. The van der Waals surface area contributed by atoms with Crippen LogP contribution in [0.1, 0.15) is 135 Å². The van der Waals surface area contributed by atoms with Crippen molar-refractivity contribution in [2.45, 2.75) is 174 Å². The van der Waals surface area contributed by atoms with E-state index in [-0.39, 0.29) is 55.0 Å². The molecule has 0 aliphatic carbocycles. The lowest BCUT2D eigenvalue weighted by atomic mass is 9.89. The van der Waals surface area contributed by atoms with Gasteiger partial charge in [-0.3, -0.25) is 43.3 Å². The van der Waals surface area contributed by atoms with Crippen LogP contribution in [0.4, 0.5) is 10.5 Å². The van der Waals surface area contributed by atoms with Gasteiger partial charge >= 0.3 is 6.09 Å². The van der Waals surface area contributed by atoms with Gasteiger partial charge in [-0.25, -0.2) is 18.2 Å². The Morgan fingerprint density at radius 3 is 1.99 bits per heavy atom. The summed E-state index contributed by atoms with van der Waals surface area (Å²) in [7, 11) is 2.15. The summed E-state index contributed by atoms with van der Waals surface area (Å²) < 4.78 is 41.7. The first-order valence-electron chi connectivity index (χ1n) is 30.6. The highest BCUT2D eigenvalue weighted by Crippen LogP contribution is 2.30. The number of amides is 9. The fourth-order valence-corrected chi connectivity index (χ4v) is 11.7. The van der Waals surface area contributed by atoms with Crippen LogP contribution < -0.4 is 31.9 Å². The van der Waals surface area contributed by atoms with E-state index in [1.54, 1.807) is 101 Å². The number of carbonyl (C=O) groups excluding carboxylic acids is 9. The minimum absolute atomic E-state index is 0.0920. The number of sulfone groups is 1. The molecule has 3 aromatic rings. The number of carbonyl (C=O) groups is 9. The normalized spacial score (nSPS) is 16.8. The smallest absolute Gasteiger partial charge is 0.410 e. The number of likely N-dealkylation sites (N-methyl/N-ethyl adjacent to an activating group) is 2. The fourth-order valence-electron chi connectivity index (χ4n) is 11.0. The highest BCUT2D eigenvalue weighted by atomic mass is 32.2. The van der Waals surface area contributed by atoms with Crippen LogP contribution in [0.25, 0.3) is 0 Å². The third kappa shape index (κ3) is 21.0. The molecule has 0 saturated carbocycles. The van der Waals surface area contributed by atoms with Crippen molar-refractivity contribution in [3.63, 3.8) is 0 Å². The molecule has 0 bridgehead atoms. The molecule has 27 heteroatoms. The lowest BCUT2D eigenvalue weighted by molar-refractivity contribution is -0.148. The third-order valence-corrected chi connectivity index (χ3v) is 17.4. The predicted molar refractivity (Wildman–Crippen MR) is 338 cm³/mol. The molecule has 1 saturated heterocycles. The minimum Gasteiger partial charge on any atom is -0.445 e. The number of aromatic nitrogens is 1. The summed E-state index contributed by atoms with van der Waals surface area (Å²) in [4.78, 5) is 130. The average molecular weight is 1290 g/mol. The number of aliphatic hydroxyl groups is 1.